The second-order valence-corrected chi connectivity index (χ2v) is 3.00. The highest BCUT2D eigenvalue weighted by atomic mass is 14.7. The predicted molar refractivity (Wildman–Crippen MR) is 56.6 cm³/mol. The van der Waals surface area contributed by atoms with Crippen LogP contribution in [0.1, 0.15) is 18.1 Å². The van der Waals surface area contributed by atoms with Crippen molar-refractivity contribution in [2.75, 3.05) is 5.73 Å². The number of nitrogen functional groups attached to an aromatic ring is 2. The van der Waals surface area contributed by atoms with Gasteiger partial charge in [-0.2, -0.15) is 0 Å². The van der Waals surface area contributed by atoms with Crippen LogP contribution in [0.4, 0.5) is 5.69 Å². The van der Waals surface area contributed by atoms with Crippen LogP contribution in [0.5, 0.6) is 0 Å². The monoisotopic (exact) mass is 175 g/mol. The molecular weight excluding hydrogens is 162 g/mol. The van der Waals surface area contributed by atoms with E-state index in [1.165, 1.54) is 0 Å². The van der Waals surface area contributed by atoms with Crippen LogP contribution in [0.25, 0.3) is 5.57 Å². The van der Waals surface area contributed by atoms with Crippen molar-refractivity contribution in [2.24, 2.45) is 5.73 Å². The van der Waals surface area contributed by atoms with Crippen molar-refractivity contribution in [3.63, 3.8) is 0 Å². The van der Waals surface area contributed by atoms with Gasteiger partial charge in [-0.05, 0) is 24.6 Å². The minimum atomic E-state index is -0.0133. The van der Waals surface area contributed by atoms with E-state index in [1.807, 2.05) is 13.0 Å². The average Bonchev–Trinajstić information content (AvgIpc) is 2.04. The maximum Gasteiger partial charge on any atom is 0.124 e. The molecule has 0 unspecified atom stereocenters. The van der Waals surface area contributed by atoms with E-state index in [2.05, 4.69) is 6.58 Å². The molecule has 0 radical (unpaired) electrons. The van der Waals surface area contributed by atoms with Gasteiger partial charge in [0.05, 0.1) is 0 Å². The van der Waals surface area contributed by atoms with E-state index in [1.54, 1.807) is 12.1 Å². The Kier molecular flexibility index (Phi) is 2.37. The SMILES string of the molecule is C=C(C)c1ccc(N)c(C(=N)N)c1. The van der Waals surface area contributed by atoms with Gasteiger partial charge in [0.2, 0.25) is 0 Å². The van der Waals surface area contributed by atoms with E-state index in [-0.39, 0.29) is 5.84 Å². The third-order valence-corrected chi connectivity index (χ3v) is 1.84. The van der Waals surface area contributed by atoms with Crippen LogP contribution in [0, 0.1) is 5.41 Å². The van der Waals surface area contributed by atoms with Crippen molar-refractivity contribution >= 4 is 17.1 Å². The quantitative estimate of drug-likeness (QED) is 0.362. The summed E-state index contributed by atoms with van der Waals surface area (Å²) in [6, 6.07) is 5.38. The molecule has 0 aromatic heterocycles. The molecular formula is C10H13N3. The van der Waals surface area contributed by atoms with Crippen LogP contribution in [0.15, 0.2) is 24.8 Å². The predicted octanol–water partition coefficient (Wildman–Crippen LogP) is 1.59. The first-order valence-corrected chi connectivity index (χ1v) is 3.92. The summed E-state index contributed by atoms with van der Waals surface area (Å²) in [5.41, 5.74) is 14.0. The summed E-state index contributed by atoms with van der Waals surface area (Å²) in [6.07, 6.45) is 0. The number of allylic oxidation sites excluding steroid dienone is 1. The topological polar surface area (TPSA) is 75.9 Å². The fraction of sp³-hybridized carbons (Fsp3) is 0.100. The Hall–Kier alpha value is -1.77. The number of benzene rings is 1. The van der Waals surface area contributed by atoms with E-state index in [0.29, 0.717) is 11.3 Å². The third-order valence-electron chi connectivity index (χ3n) is 1.84. The molecule has 0 aliphatic carbocycles. The lowest BCUT2D eigenvalue weighted by molar-refractivity contribution is 1.42. The molecule has 3 nitrogen and oxygen atoms in total. The molecule has 1 aromatic rings. The summed E-state index contributed by atoms with van der Waals surface area (Å²) in [6.45, 7) is 5.70. The molecule has 3 heteroatoms. The Bertz CT molecular complexity index is 366. The Morgan fingerprint density at radius 3 is 2.54 bits per heavy atom. The number of hydrogen-bond donors (Lipinski definition) is 3. The largest absolute Gasteiger partial charge is 0.398 e. The highest BCUT2D eigenvalue weighted by Crippen LogP contribution is 2.18. The van der Waals surface area contributed by atoms with Gasteiger partial charge in [0.1, 0.15) is 5.84 Å². The molecule has 13 heavy (non-hydrogen) atoms. The summed E-state index contributed by atoms with van der Waals surface area (Å²) in [7, 11) is 0. The first-order chi connectivity index (χ1) is 6.02. The van der Waals surface area contributed by atoms with Crippen molar-refractivity contribution in [1.82, 2.24) is 0 Å². The van der Waals surface area contributed by atoms with Gasteiger partial charge in [-0.25, -0.2) is 0 Å². The zero-order valence-corrected chi connectivity index (χ0v) is 7.59. The smallest absolute Gasteiger partial charge is 0.124 e. The first kappa shape index (κ1) is 9.32. The van der Waals surface area contributed by atoms with Gasteiger partial charge in [0.15, 0.2) is 0 Å². The molecule has 0 atom stereocenters. The summed E-state index contributed by atoms with van der Waals surface area (Å²) >= 11 is 0. The summed E-state index contributed by atoms with van der Waals surface area (Å²) in [4.78, 5) is 0. The van der Waals surface area contributed by atoms with E-state index >= 15 is 0 Å². The van der Waals surface area contributed by atoms with Gasteiger partial charge in [-0.15, -0.1) is 0 Å². The molecule has 1 rings (SSSR count). The minimum absolute atomic E-state index is 0.0133. The summed E-state index contributed by atoms with van der Waals surface area (Å²) in [5.74, 6) is -0.0133. The van der Waals surface area contributed by atoms with E-state index in [4.69, 9.17) is 16.9 Å². The number of amidine groups is 1. The Morgan fingerprint density at radius 2 is 2.08 bits per heavy atom. The molecule has 1 aromatic carbocycles. The molecule has 0 spiro atoms. The van der Waals surface area contributed by atoms with E-state index < -0.39 is 0 Å². The van der Waals surface area contributed by atoms with Gasteiger partial charge in [-0.1, -0.05) is 18.2 Å². The highest BCUT2D eigenvalue weighted by molar-refractivity contribution is 6.00. The zero-order chi connectivity index (χ0) is 10.0. The Labute approximate surface area is 77.6 Å². The third kappa shape index (κ3) is 1.87. The minimum Gasteiger partial charge on any atom is -0.398 e. The van der Waals surface area contributed by atoms with Gasteiger partial charge >= 0.3 is 0 Å². The lowest BCUT2D eigenvalue weighted by Gasteiger charge is -2.06. The lowest BCUT2D eigenvalue weighted by Crippen LogP contribution is -2.13. The van der Waals surface area contributed by atoms with Gasteiger partial charge in [0, 0.05) is 11.3 Å². The number of nitrogens with two attached hydrogens (primary N) is 2. The van der Waals surface area contributed by atoms with Crippen LogP contribution in [-0.2, 0) is 0 Å². The molecule has 0 bridgehead atoms. The molecule has 0 fully saturated rings. The molecule has 0 saturated carbocycles. The van der Waals surface area contributed by atoms with Crippen LogP contribution in [-0.4, -0.2) is 5.84 Å². The van der Waals surface area contributed by atoms with Gasteiger partial charge in [-0.3, -0.25) is 5.41 Å². The van der Waals surface area contributed by atoms with E-state index in [9.17, 15) is 0 Å². The molecule has 0 saturated heterocycles. The van der Waals surface area contributed by atoms with Crippen LogP contribution in [0.2, 0.25) is 0 Å². The first-order valence-electron chi connectivity index (χ1n) is 3.92. The normalized spacial score (nSPS) is 9.62. The number of rotatable bonds is 2. The number of anilines is 1. The maximum atomic E-state index is 7.28. The summed E-state index contributed by atoms with van der Waals surface area (Å²) < 4.78 is 0. The summed E-state index contributed by atoms with van der Waals surface area (Å²) in [5, 5.41) is 7.28. The van der Waals surface area contributed by atoms with Gasteiger partial charge in [0.25, 0.3) is 0 Å². The average molecular weight is 175 g/mol. The van der Waals surface area contributed by atoms with E-state index in [0.717, 1.165) is 11.1 Å². The van der Waals surface area contributed by atoms with Crippen molar-refractivity contribution in [3.05, 3.63) is 35.9 Å². The fourth-order valence-electron chi connectivity index (χ4n) is 1.05. The molecule has 0 aliphatic rings. The standard InChI is InChI=1S/C10H13N3/c1-6(2)7-3-4-9(11)8(5-7)10(12)13/h3-5H,1,11H2,2H3,(H3,12,13). The molecule has 0 heterocycles. The Balaban J connectivity index is 3.27. The maximum absolute atomic E-state index is 7.28. The molecule has 5 N–H and O–H groups in total. The molecule has 68 valence electrons. The second kappa shape index (κ2) is 3.31. The fourth-order valence-corrected chi connectivity index (χ4v) is 1.05. The van der Waals surface area contributed by atoms with Crippen molar-refractivity contribution in [3.8, 4) is 0 Å². The highest BCUT2D eigenvalue weighted by Gasteiger charge is 2.03. The molecule has 0 amide bonds. The lowest BCUT2D eigenvalue weighted by atomic mass is 10.0. The second-order valence-electron chi connectivity index (χ2n) is 3.00. The molecule has 0 aliphatic heterocycles. The van der Waals surface area contributed by atoms with Crippen molar-refractivity contribution in [2.45, 2.75) is 6.92 Å². The van der Waals surface area contributed by atoms with Crippen LogP contribution >= 0.6 is 0 Å². The van der Waals surface area contributed by atoms with Crippen molar-refractivity contribution in [1.29, 1.82) is 5.41 Å². The van der Waals surface area contributed by atoms with Gasteiger partial charge < -0.3 is 11.5 Å². The zero-order valence-electron chi connectivity index (χ0n) is 7.59. The number of hydrogen-bond acceptors (Lipinski definition) is 2. The number of nitrogens with one attached hydrogen (secondary N) is 1. The Morgan fingerprint density at radius 1 is 1.46 bits per heavy atom. The van der Waals surface area contributed by atoms with Crippen molar-refractivity contribution < 1.29 is 0 Å². The van der Waals surface area contributed by atoms with Crippen LogP contribution < -0.4 is 11.5 Å². The van der Waals surface area contributed by atoms with Crippen LogP contribution in [0.3, 0.4) is 0 Å².